The summed E-state index contributed by atoms with van der Waals surface area (Å²) >= 11 is 0. The zero-order valence-electron chi connectivity index (χ0n) is 12.9. The van der Waals surface area contributed by atoms with Crippen molar-refractivity contribution in [2.24, 2.45) is 0 Å². The van der Waals surface area contributed by atoms with Crippen molar-refractivity contribution in [1.82, 2.24) is 9.55 Å². The number of ether oxygens (including phenoxy) is 1. The molecule has 0 radical (unpaired) electrons. The molecule has 0 fully saturated rings. The molecule has 0 bridgehead atoms. The summed E-state index contributed by atoms with van der Waals surface area (Å²) in [4.78, 5) is 38.7. The lowest BCUT2D eigenvalue weighted by atomic mass is 10.2. The van der Waals surface area contributed by atoms with Gasteiger partial charge in [0.25, 0.3) is 0 Å². The highest BCUT2D eigenvalue weighted by molar-refractivity contribution is 5.92. The van der Waals surface area contributed by atoms with Gasteiger partial charge in [0, 0.05) is 0 Å². The second-order valence-corrected chi connectivity index (χ2v) is 5.11. The van der Waals surface area contributed by atoms with Crippen LogP contribution in [0.15, 0.2) is 58.1 Å². The number of anilines is 1. The van der Waals surface area contributed by atoms with Gasteiger partial charge in [0.2, 0.25) is 5.91 Å². The molecule has 7 nitrogen and oxygen atoms in total. The Kier molecular flexibility index (Phi) is 4.15. The molecule has 2 aromatic carbocycles. The third kappa shape index (κ3) is 2.91. The SMILES string of the molecule is COc1ccccc1NC(=O)Cn1c(=O)c(=O)[nH]c2ccccc21. The van der Waals surface area contributed by atoms with E-state index in [-0.39, 0.29) is 6.54 Å². The van der Waals surface area contributed by atoms with Crippen LogP contribution < -0.4 is 21.2 Å². The number of H-pyrrole nitrogens is 1. The maximum absolute atomic E-state index is 12.3. The van der Waals surface area contributed by atoms with E-state index in [4.69, 9.17) is 4.74 Å². The second kappa shape index (κ2) is 6.41. The minimum atomic E-state index is -0.774. The van der Waals surface area contributed by atoms with E-state index >= 15 is 0 Å². The molecule has 0 spiro atoms. The predicted molar refractivity (Wildman–Crippen MR) is 90.5 cm³/mol. The van der Waals surface area contributed by atoms with E-state index in [2.05, 4.69) is 10.3 Å². The molecule has 0 saturated carbocycles. The number of para-hydroxylation sites is 4. The number of hydrogen-bond acceptors (Lipinski definition) is 4. The minimum Gasteiger partial charge on any atom is -0.495 e. The number of aromatic nitrogens is 2. The highest BCUT2D eigenvalue weighted by atomic mass is 16.5. The number of hydrogen-bond donors (Lipinski definition) is 2. The Labute approximate surface area is 136 Å². The number of amides is 1. The number of benzene rings is 2. The van der Waals surface area contributed by atoms with Crippen molar-refractivity contribution < 1.29 is 9.53 Å². The normalized spacial score (nSPS) is 10.5. The third-order valence-corrected chi connectivity index (χ3v) is 3.57. The smallest absolute Gasteiger partial charge is 0.317 e. The fourth-order valence-electron chi connectivity index (χ4n) is 2.46. The van der Waals surface area contributed by atoms with Crippen molar-refractivity contribution in [3.8, 4) is 5.75 Å². The molecule has 1 amide bonds. The number of nitrogens with zero attached hydrogens (tertiary/aromatic N) is 1. The second-order valence-electron chi connectivity index (χ2n) is 5.11. The van der Waals surface area contributed by atoms with Crippen LogP contribution >= 0.6 is 0 Å². The summed E-state index contributed by atoms with van der Waals surface area (Å²) in [6.07, 6.45) is 0. The Morgan fingerprint density at radius 1 is 1.12 bits per heavy atom. The zero-order valence-corrected chi connectivity index (χ0v) is 12.9. The lowest BCUT2D eigenvalue weighted by Crippen LogP contribution is -2.38. The van der Waals surface area contributed by atoms with Crippen LogP contribution in [0.25, 0.3) is 11.0 Å². The van der Waals surface area contributed by atoms with Gasteiger partial charge in [-0.25, -0.2) is 0 Å². The maximum atomic E-state index is 12.3. The molecule has 0 atom stereocenters. The first-order valence-electron chi connectivity index (χ1n) is 7.25. The molecule has 7 heteroatoms. The monoisotopic (exact) mass is 325 g/mol. The number of carbonyl (C=O) groups excluding carboxylic acids is 1. The highest BCUT2D eigenvalue weighted by Crippen LogP contribution is 2.22. The van der Waals surface area contributed by atoms with Gasteiger partial charge in [-0.15, -0.1) is 0 Å². The number of carbonyl (C=O) groups is 1. The summed E-state index contributed by atoms with van der Waals surface area (Å²) in [5.41, 5.74) is -0.0701. The Morgan fingerprint density at radius 3 is 2.62 bits per heavy atom. The Bertz CT molecular complexity index is 1020. The van der Waals surface area contributed by atoms with Crippen molar-refractivity contribution in [3.05, 3.63) is 69.2 Å². The van der Waals surface area contributed by atoms with E-state index < -0.39 is 17.0 Å². The van der Waals surface area contributed by atoms with Gasteiger partial charge in [-0.1, -0.05) is 24.3 Å². The largest absolute Gasteiger partial charge is 0.495 e. The summed E-state index contributed by atoms with van der Waals surface area (Å²) in [5.74, 6) is 0.0753. The van der Waals surface area contributed by atoms with Gasteiger partial charge in [0.1, 0.15) is 12.3 Å². The number of aromatic amines is 1. The van der Waals surface area contributed by atoms with Gasteiger partial charge in [0.05, 0.1) is 23.8 Å². The van der Waals surface area contributed by atoms with Gasteiger partial charge in [-0.3, -0.25) is 19.0 Å². The molecule has 0 saturated heterocycles. The first-order valence-corrected chi connectivity index (χ1v) is 7.25. The molecular formula is C17H15N3O4. The fourth-order valence-corrected chi connectivity index (χ4v) is 2.46. The van der Waals surface area contributed by atoms with Crippen molar-refractivity contribution in [2.75, 3.05) is 12.4 Å². The van der Waals surface area contributed by atoms with Crippen molar-refractivity contribution in [1.29, 1.82) is 0 Å². The molecule has 3 aromatic rings. The lowest BCUT2D eigenvalue weighted by molar-refractivity contribution is -0.116. The Morgan fingerprint density at radius 2 is 1.83 bits per heavy atom. The van der Waals surface area contributed by atoms with Crippen LogP contribution in [0.2, 0.25) is 0 Å². The molecular weight excluding hydrogens is 310 g/mol. The van der Waals surface area contributed by atoms with Crippen LogP contribution in [-0.2, 0) is 11.3 Å². The molecule has 1 heterocycles. The van der Waals surface area contributed by atoms with Crippen LogP contribution in [0.5, 0.6) is 5.75 Å². The lowest BCUT2D eigenvalue weighted by Gasteiger charge is -2.12. The van der Waals surface area contributed by atoms with Crippen molar-refractivity contribution in [3.63, 3.8) is 0 Å². The van der Waals surface area contributed by atoms with Crippen LogP contribution in [0.3, 0.4) is 0 Å². The summed E-state index contributed by atoms with van der Waals surface area (Å²) in [5, 5.41) is 2.69. The van der Waals surface area contributed by atoms with E-state index in [1.807, 2.05) is 0 Å². The van der Waals surface area contributed by atoms with E-state index in [1.54, 1.807) is 48.5 Å². The van der Waals surface area contributed by atoms with E-state index in [0.717, 1.165) is 4.57 Å². The predicted octanol–water partition coefficient (Wildman–Crippen LogP) is 1.34. The highest BCUT2D eigenvalue weighted by Gasteiger charge is 2.12. The average Bonchev–Trinajstić information content (AvgIpc) is 2.59. The van der Waals surface area contributed by atoms with Crippen molar-refractivity contribution >= 4 is 22.6 Å². The number of methoxy groups -OCH3 is 1. The van der Waals surface area contributed by atoms with Gasteiger partial charge in [-0.2, -0.15) is 0 Å². The standard InChI is InChI=1S/C17H15N3O4/c1-24-14-9-5-3-7-12(14)18-15(21)10-20-13-8-4-2-6-11(13)19-16(22)17(20)23/h2-9H,10H2,1H3,(H,18,21)(H,19,22). The van der Waals surface area contributed by atoms with Gasteiger partial charge in [0.15, 0.2) is 0 Å². The van der Waals surface area contributed by atoms with E-state index in [9.17, 15) is 14.4 Å². The zero-order chi connectivity index (χ0) is 17.1. The van der Waals surface area contributed by atoms with Crippen LogP contribution in [0.4, 0.5) is 5.69 Å². The first-order chi connectivity index (χ1) is 11.6. The number of rotatable bonds is 4. The van der Waals surface area contributed by atoms with Crippen molar-refractivity contribution in [2.45, 2.75) is 6.54 Å². The van der Waals surface area contributed by atoms with Crippen LogP contribution in [0.1, 0.15) is 0 Å². The summed E-state index contributed by atoms with van der Waals surface area (Å²) in [6, 6.07) is 13.8. The number of nitrogens with one attached hydrogen (secondary N) is 2. The maximum Gasteiger partial charge on any atom is 0.317 e. The van der Waals surface area contributed by atoms with E-state index in [1.165, 1.54) is 7.11 Å². The molecule has 122 valence electrons. The summed E-state index contributed by atoms with van der Waals surface area (Å²) in [7, 11) is 1.50. The molecule has 0 aliphatic carbocycles. The third-order valence-electron chi connectivity index (χ3n) is 3.57. The molecule has 0 aliphatic rings. The quantitative estimate of drug-likeness (QED) is 0.708. The molecule has 24 heavy (non-hydrogen) atoms. The first kappa shape index (κ1) is 15.5. The van der Waals surface area contributed by atoms with Gasteiger partial charge < -0.3 is 15.0 Å². The van der Waals surface area contributed by atoms with Crippen LogP contribution in [-0.4, -0.2) is 22.6 Å². The molecule has 0 aliphatic heterocycles. The van der Waals surface area contributed by atoms with E-state index in [0.29, 0.717) is 22.5 Å². The summed E-state index contributed by atoms with van der Waals surface area (Å²) < 4.78 is 6.32. The topological polar surface area (TPSA) is 93.2 Å². The average molecular weight is 325 g/mol. The molecule has 1 aromatic heterocycles. The minimum absolute atomic E-state index is 0.276. The van der Waals surface area contributed by atoms with Gasteiger partial charge >= 0.3 is 11.1 Å². The summed E-state index contributed by atoms with van der Waals surface area (Å²) in [6.45, 7) is -0.276. The number of fused-ring (bicyclic) bond motifs is 1. The fraction of sp³-hybridized carbons (Fsp3) is 0.118. The molecule has 2 N–H and O–H groups in total. The molecule has 0 unspecified atom stereocenters. The Balaban J connectivity index is 1.95. The van der Waals surface area contributed by atoms with Crippen LogP contribution in [0, 0.1) is 0 Å². The molecule has 3 rings (SSSR count). The Hall–Kier alpha value is -3.35. The van der Waals surface area contributed by atoms with Gasteiger partial charge in [-0.05, 0) is 24.3 Å².